The van der Waals surface area contributed by atoms with E-state index in [-0.39, 0.29) is 17.4 Å². The van der Waals surface area contributed by atoms with Gasteiger partial charge >= 0.3 is 0 Å². The summed E-state index contributed by atoms with van der Waals surface area (Å²) in [5.41, 5.74) is 1.74. The van der Waals surface area contributed by atoms with Crippen molar-refractivity contribution in [1.82, 2.24) is 0 Å². The van der Waals surface area contributed by atoms with Gasteiger partial charge in [0.2, 0.25) is 5.78 Å². The number of ketones is 1. The van der Waals surface area contributed by atoms with Gasteiger partial charge in [-0.2, -0.15) is 0 Å². The summed E-state index contributed by atoms with van der Waals surface area (Å²) in [5, 5.41) is 10.0. The number of carbonyl (C=O) groups is 1. The fourth-order valence-electron chi connectivity index (χ4n) is 1.96. The Morgan fingerprint density at radius 1 is 1.18 bits per heavy atom. The molecule has 2 rings (SSSR count). The monoisotopic (exact) mass is 294 g/mol. The van der Waals surface area contributed by atoms with Crippen molar-refractivity contribution in [2.24, 2.45) is 0 Å². The van der Waals surface area contributed by atoms with E-state index in [1.54, 1.807) is 6.07 Å². The Morgan fingerprint density at radius 2 is 1.86 bits per heavy atom. The Labute approximate surface area is 130 Å². The molecule has 0 fully saturated rings. The summed E-state index contributed by atoms with van der Waals surface area (Å²) in [6, 6.07) is 12.3. The molecule has 2 aromatic carbocycles. The van der Waals surface area contributed by atoms with Crippen molar-refractivity contribution in [2.75, 3.05) is 0 Å². The van der Waals surface area contributed by atoms with E-state index in [1.165, 1.54) is 6.07 Å². The van der Waals surface area contributed by atoms with Gasteiger partial charge < -0.3 is 9.84 Å². The summed E-state index contributed by atoms with van der Waals surface area (Å²) >= 11 is 0. The minimum Gasteiger partial charge on any atom is -0.507 e. The smallest absolute Gasteiger partial charge is 0.239 e. The molecule has 0 aromatic heterocycles. The number of aryl methyl sites for hydroxylation is 1. The molecule has 22 heavy (non-hydrogen) atoms. The number of hydrogen-bond donors (Lipinski definition) is 1. The van der Waals surface area contributed by atoms with Gasteiger partial charge in [0.05, 0.1) is 11.7 Å². The quantitative estimate of drug-likeness (QED) is 0.693. The average Bonchev–Trinajstić information content (AvgIpc) is 2.48. The van der Waals surface area contributed by atoms with Gasteiger partial charge in [0, 0.05) is 11.6 Å². The molecule has 2 aromatic rings. The third kappa shape index (κ3) is 3.89. The number of phenolic OH excluding ortho intramolecular Hbond substituents is 1. The van der Waals surface area contributed by atoms with Crippen molar-refractivity contribution in [3.63, 3.8) is 0 Å². The number of benzene rings is 2. The molecule has 0 radical (unpaired) electrons. The van der Waals surface area contributed by atoms with E-state index in [9.17, 15) is 9.90 Å². The highest BCUT2D eigenvalue weighted by Gasteiger charge is 2.13. The number of aromatic hydroxyl groups is 1. The molecule has 0 aliphatic heterocycles. The third-order valence-electron chi connectivity index (χ3n) is 2.99. The van der Waals surface area contributed by atoms with Crippen LogP contribution in [0.15, 0.2) is 42.5 Å². The van der Waals surface area contributed by atoms with Crippen LogP contribution in [0.2, 0.25) is 0 Å². The summed E-state index contributed by atoms with van der Waals surface area (Å²) in [6.07, 6.45) is -0.00229. The van der Waals surface area contributed by atoms with E-state index >= 15 is 0 Å². The minimum absolute atomic E-state index is 0.00229. The SMILES string of the molecule is Cc1cc(C(=O)C#Cc2ccccc2)c(O)cc1OC(C)C. The van der Waals surface area contributed by atoms with Gasteiger partial charge in [0.15, 0.2) is 0 Å². The van der Waals surface area contributed by atoms with Crippen molar-refractivity contribution in [1.29, 1.82) is 0 Å². The largest absolute Gasteiger partial charge is 0.507 e. The predicted molar refractivity (Wildman–Crippen MR) is 86.3 cm³/mol. The van der Waals surface area contributed by atoms with Gasteiger partial charge in [-0.25, -0.2) is 0 Å². The molecule has 0 saturated carbocycles. The first-order valence-corrected chi connectivity index (χ1v) is 7.09. The zero-order valence-corrected chi connectivity index (χ0v) is 12.9. The van der Waals surface area contributed by atoms with E-state index < -0.39 is 5.78 Å². The van der Waals surface area contributed by atoms with Crippen LogP contribution in [0.4, 0.5) is 0 Å². The molecule has 0 aliphatic rings. The van der Waals surface area contributed by atoms with Crippen LogP contribution in [0.5, 0.6) is 11.5 Å². The molecule has 0 spiro atoms. The second-order valence-electron chi connectivity index (χ2n) is 5.25. The Balaban J connectivity index is 2.28. The fourth-order valence-corrected chi connectivity index (χ4v) is 1.96. The molecule has 3 nitrogen and oxygen atoms in total. The summed E-state index contributed by atoms with van der Waals surface area (Å²) in [5.74, 6) is 5.38. The van der Waals surface area contributed by atoms with E-state index in [1.807, 2.05) is 51.1 Å². The Bertz CT molecular complexity index is 735. The van der Waals surface area contributed by atoms with Gasteiger partial charge in [-0.1, -0.05) is 24.1 Å². The summed E-state index contributed by atoms with van der Waals surface area (Å²) in [4.78, 5) is 12.2. The topological polar surface area (TPSA) is 46.5 Å². The summed E-state index contributed by atoms with van der Waals surface area (Å²) in [6.45, 7) is 5.64. The van der Waals surface area contributed by atoms with Crippen molar-refractivity contribution in [3.8, 4) is 23.3 Å². The summed E-state index contributed by atoms with van der Waals surface area (Å²) in [7, 11) is 0. The standard InChI is InChI=1S/C19H18O3/c1-13(2)22-19-12-18(21)16(11-14(19)3)17(20)10-9-15-7-5-4-6-8-15/h4-8,11-13,21H,1-3H3. The zero-order chi connectivity index (χ0) is 16.1. The maximum atomic E-state index is 12.2. The van der Waals surface area contributed by atoms with E-state index in [0.717, 1.165) is 11.1 Å². The van der Waals surface area contributed by atoms with Crippen LogP contribution < -0.4 is 4.74 Å². The van der Waals surface area contributed by atoms with E-state index in [0.29, 0.717) is 5.75 Å². The number of phenols is 1. The molecule has 0 amide bonds. The lowest BCUT2D eigenvalue weighted by Crippen LogP contribution is -2.07. The number of hydrogen-bond acceptors (Lipinski definition) is 3. The van der Waals surface area contributed by atoms with E-state index in [4.69, 9.17) is 4.74 Å². The second kappa shape index (κ2) is 6.82. The Hall–Kier alpha value is -2.73. The molecule has 0 heterocycles. The normalized spacial score (nSPS) is 10.0. The highest BCUT2D eigenvalue weighted by Crippen LogP contribution is 2.28. The van der Waals surface area contributed by atoms with Crippen LogP contribution in [0, 0.1) is 18.8 Å². The molecule has 0 atom stereocenters. The Kier molecular flexibility index (Phi) is 4.85. The number of rotatable bonds is 3. The first-order chi connectivity index (χ1) is 10.5. The zero-order valence-electron chi connectivity index (χ0n) is 12.9. The number of Topliss-reactive ketones (excluding diaryl/α,β-unsaturated/α-hetero) is 1. The van der Waals surface area contributed by atoms with Gasteiger partial charge in [-0.3, -0.25) is 4.79 Å². The lowest BCUT2D eigenvalue weighted by Gasteiger charge is -2.13. The van der Waals surface area contributed by atoms with Crippen LogP contribution >= 0.6 is 0 Å². The first kappa shape index (κ1) is 15.7. The Morgan fingerprint density at radius 3 is 2.50 bits per heavy atom. The van der Waals surface area contributed by atoms with Crippen LogP contribution in [0.3, 0.4) is 0 Å². The maximum Gasteiger partial charge on any atom is 0.239 e. The van der Waals surface area contributed by atoms with Crippen molar-refractivity contribution < 1.29 is 14.6 Å². The molecule has 1 N–H and O–H groups in total. The van der Waals surface area contributed by atoms with E-state index in [2.05, 4.69) is 11.8 Å². The van der Waals surface area contributed by atoms with Crippen LogP contribution in [-0.2, 0) is 0 Å². The van der Waals surface area contributed by atoms with Crippen molar-refractivity contribution in [3.05, 3.63) is 59.2 Å². The van der Waals surface area contributed by atoms with Crippen LogP contribution in [0.1, 0.15) is 35.3 Å². The van der Waals surface area contributed by atoms with Gasteiger partial charge in [0.1, 0.15) is 11.5 Å². The molecular weight excluding hydrogens is 276 g/mol. The van der Waals surface area contributed by atoms with Crippen LogP contribution in [0.25, 0.3) is 0 Å². The minimum atomic E-state index is -0.416. The van der Waals surface area contributed by atoms with Crippen molar-refractivity contribution >= 4 is 5.78 Å². The number of ether oxygens (including phenoxy) is 1. The van der Waals surface area contributed by atoms with Gasteiger partial charge in [-0.15, -0.1) is 0 Å². The fraction of sp³-hybridized carbons (Fsp3) is 0.211. The molecule has 0 bridgehead atoms. The van der Waals surface area contributed by atoms with Crippen molar-refractivity contribution in [2.45, 2.75) is 26.9 Å². The van der Waals surface area contributed by atoms with Gasteiger partial charge in [0.25, 0.3) is 0 Å². The molecule has 112 valence electrons. The first-order valence-electron chi connectivity index (χ1n) is 7.09. The van der Waals surface area contributed by atoms with Gasteiger partial charge in [-0.05, 0) is 50.5 Å². The van der Waals surface area contributed by atoms with Crippen LogP contribution in [-0.4, -0.2) is 17.0 Å². The highest BCUT2D eigenvalue weighted by molar-refractivity contribution is 6.11. The predicted octanol–water partition coefficient (Wildman–Crippen LogP) is 3.72. The maximum absolute atomic E-state index is 12.2. The summed E-state index contributed by atoms with van der Waals surface area (Å²) < 4.78 is 5.58. The average molecular weight is 294 g/mol. The molecule has 3 heteroatoms. The lowest BCUT2D eigenvalue weighted by molar-refractivity contribution is 0.105. The number of carbonyl (C=O) groups excluding carboxylic acids is 1. The molecular formula is C19H18O3. The highest BCUT2D eigenvalue weighted by atomic mass is 16.5. The molecule has 0 unspecified atom stereocenters. The third-order valence-corrected chi connectivity index (χ3v) is 2.99. The second-order valence-corrected chi connectivity index (χ2v) is 5.25. The molecule has 0 saturated heterocycles. The molecule has 0 aliphatic carbocycles. The lowest BCUT2D eigenvalue weighted by atomic mass is 10.1.